The lowest BCUT2D eigenvalue weighted by molar-refractivity contribution is -0.122. The topological polar surface area (TPSA) is 76.7 Å². The van der Waals surface area contributed by atoms with Gasteiger partial charge in [0.2, 0.25) is 5.91 Å². The lowest BCUT2D eigenvalue weighted by Crippen LogP contribution is -2.56. The van der Waals surface area contributed by atoms with Crippen molar-refractivity contribution in [3.05, 3.63) is 29.1 Å². The molecule has 0 spiro atoms. The van der Waals surface area contributed by atoms with Crippen LogP contribution in [0.3, 0.4) is 0 Å². The number of urea groups is 1. The van der Waals surface area contributed by atoms with Crippen LogP contribution in [-0.4, -0.2) is 72.6 Å². The van der Waals surface area contributed by atoms with Gasteiger partial charge >= 0.3 is 6.03 Å². The molecule has 0 radical (unpaired) electrons. The Labute approximate surface area is 183 Å². The number of halogens is 1. The van der Waals surface area contributed by atoms with Gasteiger partial charge in [0.15, 0.2) is 0 Å². The van der Waals surface area contributed by atoms with Gasteiger partial charge in [-0.1, -0.05) is 6.07 Å². The molecule has 1 saturated carbocycles. The Hall–Kier alpha value is -2.35. The highest BCUT2D eigenvalue weighted by Gasteiger charge is 2.34. The van der Waals surface area contributed by atoms with E-state index in [0.29, 0.717) is 24.6 Å². The number of hydrogen-bond donors (Lipinski definition) is 3. The number of aryl methyl sites for hydroxylation is 1. The highest BCUT2D eigenvalue weighted by molar-refractivity contribution is 5.88. The number of carbonyl (C=O) groups is 2. The summed E-state index contributed by atoms with van der Waals surface area (Å²) in [6, 6.07) is 3.42. The molecule has 1 aromatic carbocycles. The van der Waals surface area contributed by atoms with Crippen molar-refractivity contribution >= 4 is 17.6 Å². The molecule has 7 nitrogen and oxygen atoms in total. The second-order valence-corrected chi connectivity index (χ2v) is 9.00. The average molecular weight is 432 g/mol. The lowest BCUT2D eigenvalue weighted by atomic mass is 9.89. The second-order valence-electron chi connectivity index (χ2n) is 9.00. The summed E-state index contributed by atoms with van der Waals surface area (Å²) in [5, 5.41) is 9.32. The third kappa shape index (κ3) is 4.79. The zero-order valence-corrected chi connectivity index (χ0v) is 18.5. The van der Waals surface area contributed by atoms with E-state index in [4.69, 9.17) is 0 Å². The minimum atomic E-state index is -0.411. The van der Waals surface area contributed by atoms with E-state index >= 15 is 0 Å². The third-order valence-electron chi connectivity index (χ3n) is 6.95. The zero-order chi connectivity index (χ0) is 22.0. The van der Waals surface area contributed by atoms with Gasteiger partial charge in [-0.2, -0.15) is 0 Å². The lowest BCUT2D eigenvalue weighted by Gasteiger charge is -2.42. The molecule has 3 amide bonds. The predicted octanol–water partition coefficient (Wildman–Crippen LogP) is 2.25. The van der Waals surface area contributed by atoms with E-state index < -0.39 is 6.04 Å². The van der Waals surface area contributed by atoms with Gasteiger partial charge in [0.05, 0.1) is 0 Å². The van der Waals surface area contributed by atoms with Crippen LogP contribution in [0.15, 0.2) is 12.1 Å². The first-order valence-corrected chi connectivity index (χ1v) is 11.6. The first-order chi connectivity index (χ1) is 15.0. The van der Waals surface area contributed by atoms with Crippen molar-refractivity contribution in [2.24, 2.45) is 0 Å². The first-order valence-electron chi connectivity index (χ1n) is 11.6. The monoisotopic (exact) mass is 431 g/mol. The summed E-state index contributed by atoms with van der Waals surface area (Å²) in [5.74, 6) is -0.283. The molecule has 8 heteroatoms. The molecule has 1 aliphatic carbocycles. The van der Waals surface area contributed by atoms with E-state index in [1.54, 1.807) is 6.07 Å². The largest absolute Gasteiger partial charge is 0.373 e. The van der Waals surface area contributed by atoms with Crippen molar-refractivity contribution in [3.63, 3.8) is 0 Å². The van der Waals surface area contributed by atoms with Crippen molar-refractivity contribution in [2.45, 2.75) is 64.1 Å². The fraction of sp³-hybridized carbons (Fsp3) is 0.652. The number of nitrogens with one attached hydrogen (secondary N) is 3. The summed E-state index contributed by atoms with van der Waals surface area (Å²) < 4.78 is 14.1. The predicted molar refractivity (Wildman–Crippen MR) is 119 cm³/mol. The zero-order valence-electron chi connectivity index (χ0n) is 18.5. The Kier molecular flexibility index (Phi) is 6.65. The number of piperazine rings is 1. The molecule has 2 fully saturated rings. The van der Waals surface area contributed by atoms with Crippen molar-refractivity contribution < 1.29 is 14.0 Å². The minimum Gasteiger partial charge on any atom is -0.373 e. The molecule has 1 unspecified atom stereocenters. The van der Waals surface area contributed by atoms with Gasteiger partial charge in [-0.3, -0.25) is 9.69 Å². The molecule has 1 saturated heterocycles. The summed E-state index contributed by atoms with van der Waals surface area (Å²) in [6.07, 6.45) is 4.52. The second kappa shape index (κ2) is 9.42. The number of hydrogen-bond acceptors (Lipinski definition) is 4. The minimum absolute atomic E-state index is 0.0210. The SMILES string of the molecule is CCNC(=O)N1CCN([C@H]2CCC[C@@H](NC(=O)C3Cc4c(F)ccc(C)c4N3)C2)CC1. The number of carbonyl (C=O) groups excluding carboxylic acids is 2. The van der Waals surface area contributed by atoms with Crippen LogP contribution >= 0.6 is 0 Å². The molecule has 170 valence electrons. The van der Waals surface area contributed by atoms with Gasteiger partial charge in [-0.15, -0.1) is 0 Å². The van der Waals surface area contributed by atoms with E-state index in [2.05, 4.69) is 20.9 Å². The Balaban J connectivity index is 1.28. The maximum atomic E-state index is 14.1. The number of fused-ring (bicyclic) bond motifs is 1. The Bertz CT molecular complexity index is 793. The highest BCUT2D eigenvalue weighted by Crippen LogP contribution is 2.32. The Morgan fingerprint density at radius 2 is 1.97 bits per heavy atom. The van der Waals surface area contributed by atoms with Crippen LogP contribution in [0, 0.1) is 12.7 Å². The van der Waals surface area contributed by atoms with E-state index in [9.17, 15) is 14.0 Å². The molecule has 3 atom stereocenters. The van der Waals surface area contributed by atoms with E-state index in [1.807, 2.05) is 18.7 Å². The fourth-order valence-electron chi connectivity index (χ4n) is 5.21. The van der Waals surface area contributed by atoms with Crippen molar-refractivity contribution in [1.29, 1.82) is 0 Å². The normalized spacial score (nSPS) is 26.2. The average Bonchev–Trinajstić information content (AvgIpc) is 3.24. The van der Waals surface area contributed by atoms with Crippen molar-refractivity contribution in [3.8, 4) is 0 Å². The van der Waals surface area contributed by atoms with E-state index in [0.717, 1.165) is 63.1 Å². The van der Waals surface area contributed by atoms with Gasteiger partial charge in [0.1, 0.15) is 11.9 Å². The molecule has 31 heavy (non-hydrogen) atoms. The van der Waals surface area contributed by atoms with Crippen LogP contribution in [0.4, 0.5) is 14.9 Å². The first kappa shape index (κ1) is 21.9. The van der Waals surface area contributed by atoms with Crippen LogP contribution in [-0.2, 0) is 11.2 Å². The number of rotatable bonds is 4. The molecule has 0 bridgehead atoms. The van der Waals surface area contributed by atoms with Gasteiger partial charge in [-0.25, -0.2) is 9.18 Å². The summed E-state index contributed by atoms with van der Waals surface area (Å²) in [4.78, 5) is 29.3. The molecule has 4 rings (SSSR count). The Morgan fingerprint density at radius 1 is 1.19 bits per heavy atom. The molecule has 2 heterocycles. The maximum absolute atomic E-state index is 14.1. The molecule has 0 aromatic heterocycles. The summed E-state index contributed by atoms with van der Waals surface area (Å²) >= 11 is 0. The highest BCUT2D eigenvalue weighted by atomic mass is 19.1. The molecule has 2 aliphatic heterocycles. The quantitative estimate of drug-likeness (QED) is 0.684. The third-order valence-corrected chi connectivity index (χ3v) is 6.95. The molecular weight excluding hydrogens is 397 g/mol. The molecule has 1 aromatic rings. The Morgan fingerprint density at radius 3 is 2.68 bits per heavy atom. The fourth-order valence-corrected chi connectivity index (χ4v) is 5.21. The van der Waals surface area contributed by atoms with Gasteiger partial charge in [-0.05, 0) is 51.2 Å². The smallest absolute Gasteiger partial charge is 0.317 e. The van der Waals surface area contributed by atoms with Gasteiger partial charge < -0.3 is 20.9 Å². The van der Waals surface area contributed by atoms with Gasteiger partial charge in [0.25, 0.3) is 0 Å². The number of benzene rings is 1. The van der Waals surface area contributed by atoms with Crippen LogP contribution in [0.25, 0.3) is 0 Å². The maximum Gasteiger partial charge on any atom is 0.317 e. The van der Waals surface area contributed by atoms with Crippen molar-refractivity contribution in [1.82, 2.24) is 20.4 Å². The summed E-state index contributed by atoms with van der Waals surface area (Å²) in [6.45, 7) is 7.76. The molecular formula is C23H34FN5O2. The van der Waals surface area contributed by atoms with E-state index in [1.165, 1.54) is 6.07 Å². The molecule has 3 aliphatic rings. The van der Waals surface area contributed by atoms with Crippen molar-refractivity contribution in [2.75, 3.05) is 38.0 Å². The molecule has 3 N–H and O–H groups in total. The number of anilines is 1. The van der Waals surface area contributed by atoms with Crippen LogP contribution in [0.5, 0.6) is 0 Å². The van der Waals surface area contributed by atoms with Gasteiger partial charge in [0, 0.05) is 62.5 Å². The van der Waals surface area contributed by atoms with Crippen LogP contribution in [0.2, 0.25) is 0 Å². The number of nitrogens with zero attached hydrogens (tertiary/aromatic N) is 2. The van der Waals surface area contributed by atoms with E-state index in [-0.39, 0.29) is 23.8 Å². The standard InChI is InChI=1S/C23H34FN5O2/c1-3-25-23(31)29-11-9-28(10-12-29)17-6-4-5-16(13-17)26-22(30)20-14-18-19(24)8-7-15(2)21(18)27-20/h7-8,16-17,20,27H,3-6,9-14H2,1-2H3,(H,25,31)(H,26,30)/t16-,17+,20?/m1/s1. The summed E-state index contributed by atoms with van der Waals surface area (Å²) in [5.41, 5.74) is 2.36. The van der Waals surface area contributed by atoms with Crippen LogP contribution in [0.1, 0.15) is 43.7 Å². The van der Waals surface area contributed by atoms with Crippen LogP contribution < -0.4 is 16.0 Å². The number of amides is 3. The summed E-state index contributed by atoms with van der Waals surface area (Å²) in [7, 11) is 0.